The lowest BCUT2D eigenvalue weighted by Gasteiger charge is -2.15. The van der Waals surface area contributed by atoms with E-state index in [1.807, 2.05) is 24.3 Å². The topological polar surface area (TPSA) is 108 Å². The van der Waals surface area contributed by atoms with Gasteiger partial charge in [-0.15, -0.1) is 0 Å². The van der Waals surface area contributed by atoms with Crippen LogP contribution < -0.4 is 10.5 Å². The van der Waals surface area contributed by atoms with Gasteiger partial charge in [0.25, 0.3) is 0 Å². The Morgan fingerprint density at radius 1 is 1.12 bits per heavy atom. The molecule has 0 spiro atoms. The first-order chi connectivity index (χ1) is 12.0. The lowest BCUT2D eigenvalue weighted by atomic mass is 9.99. The molecule has 1 aliphatic heterocycles. The number of nitrogens with two attached hydrogens (primary N) is 1. The largest absolute Gasteiger partial charge is 0.486 e. The number of rotatable bonds is 5. The Bertz CT molecular complexity index is 901. The fraction of sp³-hybridized carbons (Fsp3) is 0.235. The molecule has 0 bridgehead atoms. The van der Waals surface area contributed by atoms with Crippen LogP contribution in [-0.4, -0.2) is 39.7 Å². The number of benzene rings is 2. The number of carbonyl (C=O) groups is 1. The zero-order valence-corrected chi connectivity index (χ0v) is 14.0. The fourth-order valence-electron chi connectivity index (χ4n) is 2.68. The van der Waals surface area contributed by atoms with E-state index in [-0.39, 0.29) is 13.2 Å². The van der Waals surface area contributed by atoms with Gasteiger partial charge < -0.3 is 15.2 Å². The summed E-state index contributed by atoms with van der Waals surface area (Å²) < 4.78 is 36.0. The van der Waals surface area contributed by atoms with Gasteiger partial charge in [-0.2, -0.15) is 12.8 Å². The van der Waals surface area contributed by atoms with Crippen LogP contribution in [0.3, 0.4) is 0 Å². The first-order valence-electron chi connectivity index (χ1n) is 7.58. The van der Waals surface area contributed by atoms with Crippen molar-refractivity contribution in [2.75, 3.05) is 13.2 Å². The van der Waals surface area contributed by atoms with E-state index in [1.165, 1.54) is 0 Å². The van der Waals surface area contributed by atoms with E-state index in [0.29, 0.717) is 11.3 Å². The molecule has 1 aliphatic rings. The minimum Gasteiger partial charge on any atom is -0.486 e. The highest BCUT2D eigenvalue weighted by molar-refractivity contribution is 7.61. The monoisotopic (exact) mass is 360 g/mol. The molecule has 8 heteroatoms. The van der Waals surface area contributed by atoms with Crippen molar-refractivity contribution in [3.8, 4) is 16.9 Å². The summed E-state index contributed by atoms with van der Waals surface area (Å²) in [5.74, 6) is 0.0711. The maximum atomic E-state index is 11.5. The van der Waals surface area contributed by atoms with E-state index in [2.05, 4.69) is 4.36 Å². The van der Waals surface area contributed by atoms with Crippen molar-refractivity contribution in [3.05, 3.63) is 54.1 Å². The van der Waals surface area contributed by atoms with Gasteiger partial charge in [0, 0.05) is 5.56 Å². The van der Waals surface area contributed by atoms with Gasteiger partial charge in [-0.05, 0) is 29.3 Å². The van der Waals surface area contributed by atoms with E-state index in [1.54, 1.807) is 24.3 Å². The normalized spacial score (nSPS) is 19.4. The Hall–Kier alpha value is -2.71. The number of ether oxygens (including phenoxy) is 2. The van der Waals surface area contributed by atoms with Gasteiger partial charge in [-0.25, -0.2) is 0 Å². The maximum absolute atomic E-state index is 11.5. The minimum absolute atomic E-state index is 0.211. The van der Waals surface area contributed by atoms with Crippen molar-refractivity contribution in [2.24, 2.45) is 10.1 Å². The van der Waals surface area contributed by atoms with Gasteiger partial charge in [0.1, 0.15) is 17.9 Å². The van der Waals surface area contributed by atoms with E-state index in [4.69, 9.17) is 15.2 Å². The summed E-state index contributed by atoms with van der Waals surface area (Å²) in [4.78, 5) is 11.5. The molecule has 2 aromatic rings. The molecule has 2 atom stereocenters. The molecule has 1 fully saturated rings. The molecule has 0 saturated carbocycles. The Labute approximate surface area is 146 Å². The summed E-state index contributed by atoms with van der Waals surface area (Å²) in [6.45, 7) is 0.486. The average Bonchev–Trinajstić information content (AvgIpc) is 3.01. The maximum Gasteiger partial charge on any atom is 0.311 e. The van der Waals surface area contributed by atoms with E-state index < -0.39 is 28.6 Å². The second-order valence-electron chi connectivity index (χ2n) is 5.52. The van der Waals surface area contributed by atoms with Crippen molar-refractivity contribution in [2.45, 2.75) is 12.1 Å². The van der Waals surface area contributed by atoms with E-state index in [9.17, 15) is 13.2 Å². The van der Waals surface area contributed by atoms with Crippen molar-refractivity contribution in [1.29, 1.82) is 0 Å². The molecular weight excluding hydrogens is 344 g/mol. The van der Waals surface area contributed by atoms with Crippen LogP contribution >= 0.6 is 0 Å². The van der Waals surface area contributed by atoms with Crippen LogP contribution in [0.15, 0.2) is 52.9 Å². The number of hydrogen-bond donors (Lipinski definition) is 1. The van der Waals surface area contributed by atoms with Gasteiger partial charge in [-0.3, -0.25) is 4.79 Å². The molecule has 3 rings (SSSR count). The molecule has 1 heterocycles. The van der Waals surface area contributed by atoms with Crippen LogP contribution in [0.4, 0.5) is 0 Å². The molecule has 2 aromatic carbocycles. The van der Waals surface area contributed by atoms with Gasteiger partial charge in [-0.1, -0.05) is 30.3 Å². The Balaban J connectivity index is 1.79. The van der Waals surface area contributed by atoms with Crippen LogP contribution in [0.5, 0.6) is 5.75 Å². The highest BCUT2D eigenvalue weighted by Gasteiger charge is 2.30. The summed E-state index contributed by atoms with van der Waals surface area (Å²) in [5, 5.41) is 0. The first-order valence-corrected chi connectivity index (χ1v) is 8.61. The molecule has 0 aliphatic carbocycles. The lowest BCUT2D eigenvalue weighted by molar-refractivity contribution is 0.100. The lowest BCUT2D eigenvalue weighted by Crippen LogP contribution is -2.28. The number of carbonyl (C=O) groups excluding carboxylic acids is 1. The molecule has 2 unspecified atom stereocenters. The van der Waals surface area contributed by atoms with Gasteiger partial charge in [0.2, 0.25) is 5.91 Å². The zero-order chi connectivity index (χ0) is 17.8. The molecule has 1 saturated heterocycles. The summed E-state index contributed by atoms with van der Waals surface area (Å²) in [6.07, 6.45) is -0.457. The van der Waals surface area contributed by atoms with Crippen LogP contribution in [0.1, 0.15) is 10.4 Å². The number of primary amides is 1. The molecular formula is C17H16N2O5S. The van der Waals surface area contributed by atoms with Crippen molar-refractivity contribution in [1.82, 2.24) is 0 Å². The summed E-state index contributed by atoms with van der Waals surface area (Å²) in [6, 6.07) is 13.6. The molecule has 130 valence electrons. The second-order valence-corrected chi connectivity index (χ2v) is 6.16. The third kappa shape index (κ3) is 4.04. The highest BCUT2D eigenvalue weighted by Crippen LogP contribution is 2.27. The second kappa shape index (κ2) is 7.45. The van der Waals surface area contributed by atoms with Crippen molar-refractivity contribution < 1.29 is 22.7 Å². The molecule has 7 nitrogen and oxygen atoms in total. The first kappa shape index (κ1) is 17.1. The molecule has 25 heavy (non-hydrogen) atoms. The smallest absolute Gasteiger partial charge is 0.311 e. The predicted octanol–water partition coefficient (Wildman–Crippen LogP) is 1.66. The summed E-state index contributed by atoms with van der Waals surface area (Å²) in [5.41, 5.74) is 7.41. The molecule has 1 amide bonds. The number of hydrogen-bond acceptors (Lipinski definition) is 6. The molecule has 0 aromatic heterocycles. The number of amides is 1. The minimum atomic E-state index is -2.50. The number of nitrogens with zero attached hydrogens (tertiary/aromatic N) is 1. The average molecular weight is 360 g/mol. The predicted molar refractivity (Wildman–Crippen MR) is 90.8 cm³/mol. The van der Waals surface area contributed by atoms with E-state index in [0.717, 1.165) is 11.1 Å². The highest BCUT2D eigenvalue weighted by atomic mass is 32.2. The molecule has 0 radical (unpaired) electrons. The van der Waals surface area contributed by atoms with Gasteiger partial charge in [0.05, 0.1) is 13.2 Å². The summed E-state index contributed by atoms with van der Waals surface area (Å²) >= 11 is 0. The van der Waals surface area contributed by atoms with Crippen LogP contribution in [0, 0.1) is 0 Å². The third-order valence-corrected chi connectivity index (χ3v) is 4.31. The van der Waals surface area contributed by atoms with Gasteiger partial charge >= 0.3 is 10.5 Å². The van der Waals surface area contributed by atoms with Crippen LogP contribution in [0.2, 0.25) is 0 Å². The van der Waals surface area contributed by atoms with Crippen LogP contribution in [-0.2, 0) is 15.2 Å². The van der Waals surface area contributed by atoms with Crippen molar-refractivity contribution in [3.63, 3.8) is 0 Å². The Morgan fingerprint density at radius 2 is 1.84 bits per heavy atom. The molecule has 2 N–H and O–H groups in total. The zero-order valence-electron chi connectivity index (χ0n) is 13.2. The Kier molecular flexibility index (Phi) is 5.11. The Morgan fingerprint density at radius 3 is 2.52 bits per heavy atom. The van der Waals surface area contributed by atoms with Gasteiger partial charge in [0.15, 0.2) is 0 Å². The fourth-order valence-corrected chi connectivity index (χ4v) is 3.10. The van der Waals surface area contributed by atoms with Crippen LogP contribution in [0.25, 0.3) is 11.1 Å². The van der Waals surface area contributed by atoms with E-state index >= 15 is 0 Å². The quantitative estimate of drug-likeness (QED) is 0.872. The summed E-state index contributed by atoms with van der Waals surface area (Å²) in [7, 11) is -2.50. The SMILES string of the molecule is NC(=O)c1ccccc1-c1ccc(OC2COCC2N=S(=O)=O)cc1. The standard InChI is InChI=1S/C17H16N2O5S/c18-17(20)14-4-2-1-3-13(14)11-5-7-12(8-6-11)24-16-10-23-9-15(16)19-25(21)22/h1-8,15-16H,9-10H2,(H2,18,20). The van der Waals surface area contributed by atoms with Crippen molar-refractivity contribution >= 4 is 16.4 Å². The third-order valence-electron chi connectivity index (χ3n) is 3.87.